The molecule has 0 radical (unpaired) electrons. The van der Waals surface area contributed by atoms with Gasteiger partial charge in [0.15, 0.2) is 17.3 Å². The predicted molar refractivity (Wildman–Crippen MR) is 140 cm³/mol. The minimum atomic E-state index is -0.368. The first kappa shape index (κ1) is 24.2. The van der Waals surface area contributed by atoms with E-state index in [1.165, 1.54) is 6.26 Å². The lowest BCUT2D eigenvalue weighted by Crippen LogP contribution is -2.40. The Balaban J connectivity index is 1.53. The van der Waals surface area contributed by atoms with E-state index in [-0.39, 0.29) is 23.6 Å². The predicted octanol–water partition coefficient (Wildman–Crippen LogP) is 5.65. The number of furan rings is 1. The molecule has 5 rings (SSSR count). The molecule has 7 nitrogen and oxygen atoms in total. The van der Waals surface area contributed by atoms with Gasteiger partial charge < -0.3 is 24.1 Å². The number of carbonyl (C=O) groups excluding carboxylic acids is 2. The van der Waals surface area contributed by atoms with E-state index in [2.05, 4.69) is 5.32 Å². The Hall–Kier alpha value is -4.52. The highest BCUT2D eigenvalue weighted by atomic mass is 16.5. The van der Waals surface area contributed by atoms with Gasteiger partial charge in [-0.2, -0.15) is 0 Å². The first-order chi connectivity index (χ1) is 18.0. The molecule has 1 atom stereocenters. The van der Waals surface area contributed by atoms with Crippen LogP contribution in [0.2, 0.25) is 0 Å². The number of aryl methyl sites for hydroxylation is 1. The van der Waals surface area contributed by atoms with Crippen LogP contribution in [-0.4, -0.2) is 37.5 Å². The molecule has 0 fully saturated rings. The Morgan fingerprint density at radius 2 is 1.70 bits per heavy atom. The summed E-state index contributed by atoms with van der Waals surface area (Å²) in [7, 11) is 3.23. The van der Waals surface area contributed by atoms with Gasteiger partial charge in [-0.15, -0.1) is 0 Å². The molecule has 2 heterocycles. The zero-order valence-electron chi connectivity index (χ0n) is 21.0. The Morgan fingerprint density at radius 1 is 0.946 bits per heavy atom. The first-order valence-corrected chi connectivity index (χ1v) is 12.1. The molecule has 0 unspecified atom stereocenters. The standard InChI is InChI=1S/C30H28N2O5/c1-19-11-12-22(16-24(19)31-29(33)25-10-7-15-37-25)30(34)32-14-13-21-17-26(35-2)27(36-3)18-23(21)28(32)20-8-5-4-6-9-20/h4-12,15-18,28H,13-14H2,1-3H3,(H,31,33)/t28-/m1/s1. The van der Waals surface area contributed by atoms with Gasteiger partial charge in [0.05, 0.1) is 26.5 Å². The second kappa shape index (κ2) is 10.2. The third-order valence-corrected chi connectivity index (χ3v) is 6.73. The number of ether oxygens (including phenoxy) is 2. The van der Waals surface area contributed by atoms with Gasteiger partial charge in [0.1, 0.15) is 0 Å². The SMILES string of the molecule is COc1cc2c(cc1OC)[C@@H](c1ccccc1)N(C(=O)c1ccc(C)c(NC(=O)c3ccco3)c1)CC2. The summed E-state index contributed by atoms with van der Waals surface area (Å²) in [5.74, 6) is 1.01. The maximum atomic E-state index is 14.0. The van der Waals surface area contributed by atoms with Crippen molar-refractivity contribution in [2.75, 3.05) is 26.1 Å². The van der Waals surface area contributed by atoms with Gasteiger partial charge in [0, 0.05) is 17.8 Å². The van der Waals surface area contributed by atoms with E-state index in [1.54, 1.807) is 38.5 Å². The smallest absolute Gasteiger partial charge is 0.291 e. The molecule has 1 N–H and O–H groups in total. The highest BCUT2D eigenvalue weighted by Gasteiger charge is 2.34. The van der Waals surface area contributed by atoms with Crippen molar-refractivity contribution in [3.63, 3.8) is 0 Å². The molecule has 0 bridgehead atoms. The lowest BCUT2D eigenvalue weighted by molar-refractivity contribution is 0.0694. The second-order valence-electron chi connectivity index (χ2n) is 8.93. The van der Waals surface area contributed by atoms with E-state index in [9.17, 15) is 9.59 Å². The number of methoxy groups -OCH3 is 2. The van der Waals surface area contributed by atoms with E-state index in [0.29, 0.717) is 35.7 Å². The van der Waals surface area contributed by atoms with Gasteiger partial charge >= 0.3 is 0 Å². The first-order valence-electron chi connectivity index (χ1n) is 12.1. The van der Waals surface area contributed by atoms with Crippen molar-refractivity contribution in [3.8, 4) is 11.5 Å². The number of amides is 2. The van der Waals surface area contributed by atoms with Crippen LogP contribution in [0, 0.1) is 6.92 Å². The highest BCUT2D eigenvalue weighted by molar-refractivity contribution is 6.04. The van der Waals surface area contributed by atoms with Crippen molar-refractivity contribution in [2.45, 2.75) is 19.4 Å². The molecule has 0 saturated carbocycles. The summed E-state index contributed by atoms with van der Waals surface area (Å²) in [4.78, 5) is 28.4. The zero-order valence-corrected chi connectivity index (χ0v) is 21.0. The van der Waals surface area contributed by atoms with Crippen LogP contribution in [0.25, 0.3) is 0 Å². The van der Waals surface area contributed by atoms with Crippen LogP contribution >= 0.6 is 0 Å². The highest BCUT2D eigenvalue weighted by Crippen LogP contribution is 2.41. The Labute approximate surface area is 215 Å². The number of hydrogen-bond donors (Lipinski definition) is 1. The van der Waals surface area contributed by atoms with E-state index in [0.717, 1.165) is 22.3 Å². The Morgan fingerprint density at radius 3 is 2.41 bits per heavy atom. The number of rotatable bonds is 6. The van der Waals surface area contributed by atoms with E-state index in [1.807, 2.05) is 60.4 Å². The molecule has 1 aliphatic rings. The van der Waals surface area contributed by atoms with Gasteiger partial charge in [-0.3, -0.25) is 9.59 Å². The third-order valence-electron chi connectivity index (χ3n) is 6.73. The van der Waals surface area contributed by atoms with Crippen LogP contribution in [0.4, 0.5) is 5.69 Å². The lowest BCUT2D eigenvalue weighted by Gasteiger charge is -2.38. The van der Waals surface area contributed by atoms with Crippen molar-refractivity contribution >= 4 is 17.5 Å². The molecule has 0 saturated heterocycles. The van der Waals surface area contributed by atoms with Crippen molar-refractivity contribution in [3.05, 3.63) is 113 Å². The summed E-state index contributed by atoms with van der Waals surface area (Å²) in [5.41, 5.74) is 5.02. The number of fused-ring (bicyclic) bond motifs is 1. The van der Waals surface area contributed by atoms with Gasteiger partial charge in [-0.05, 0) is 72.0 Å². The molecule has 0 spiro atoms. The number of anilines is 1. The normalized spacial score (nSPS) is 14.6. The number of nitrogens with one attached hydrogen (secondary N) is 1. The molecule has 188 valence electrons. The summed E-state index contributed by atoms with van der Waals surface area (Å²) >= 11 is 0. The fraction of sp³-hybridized carbons (Fsp3) is 0.200. The van der Waals surface area contributed by atoms with Crippen LogP contribution in [-0.2, 0) is 6.42 Å². The summed E-state index contributed by atoms with van der Waals surface area (Å²) in [6.07, 6.45) is 2.13. The number of carbonyl (C=O) groups is 2. The quantitative estimate of drug-likeness (QED) is 0.373. The molecule has 2 amide bonds. The van der Waals surface area contributed by atoms with Gasteiger partial charge in [0.25, 0.3) is 11.8 Å². The van der Waals surface area contributed by atoms with Crippen LogP contribution in [0.15, 0.2) is 83.5 Å². The molecule has 0 aliphatic carbocycles. The van der Waals surface area contributed by atoms with Gasteiger partial charge in [-0.25, -0.2) is 0 Å². The maximum absolute atomic E-state index is 14.0. The minimum absolute atomic E-state index is 0.122. The van der Waals surface area contributed by atoms with Crippen LogP contribution < -0.4 is 14.8 Å². The molecule has 37 heavy (non-hydrogen) atoms. The molecule has 7 heteroatoms. The molecule has 3 aromatic carbocycles. The maximum Gasteiger partial charge on any atom is 0.291 e. The topological polar surface area (TPSA) is 81.0 Å². The van der Waals surface area contributed by atoms with Crippen molar-refractivity contribution in [1.29, 1.82) is 0 Å². The summed E-state index contributed by atoms with van der Waals surface area (Å²) < 4.78 is 16.3. The number of nitrogens with zero attached hydrogens (tertiary/aromatic N) is 1. The van der Waals surface area contributed by atoms with Crippen molar-refractivity contribution in [2.24, 2.45) is 0 Å². The number of benzene rings is 3. The summed E-state index contributed by atoms with van der Waals surface area (Å²) in [6.45, 7) is 2.42. The molecular formula is C30H28N2O5. The largest absolute Gasteiger partial charge is 0.493 e. The summed E-state index contributed by atoms with van der Waals surface area (Å²) in [6, 6.07) is 22.2. The van der Waals surface area contributed by atoms with E-state index in [4.69, 9.17) is 13.9 Å². The average molecular weight is 497 g/mol. The monoisotopic (exact) mass is 496 g/mol. The summed E-state index contributed by atoms with van der Waals surface area (Å²) in [5, 5.41) is 2.86. The molecule has 1 aromatic heterocycles. The average Bonchev–Trinajstić information content (AvgIpc) is 3.48. The zero-order chi connectivity index (χ0) is 25.9. The lowest BCUT2D eigenvalue weighted by atomic mass is 9.87. The van der Waals surface area contributed by atoms with Crippen LogP contribution in [0.5, 0.6) is 11.5 Å². The molecule has 4 aromatic rings. The van der Waals surface area contributed by atoms with Crippen LogP contribution in [0.3, 0.4) is 0 Å². The Bertz CT molecular complexity index is 1430. The number of hydrogen-bond acceptors (Lipinski definition) is 5. The van der Waals surface area contributed by atoms with E-state index < -0.39 is 0 Å². The van der Waals surface area contributed by atoms with E-state index >= 15 is 0 Å². The van der Waals surface area contributed by atoms with Crippen molar-refractivity contribution in [1.82, 2.24) is 4.90 Å². The Kier molecular flexibility index (Phi) is 6.68. The van der Waals surface area contributed by atoms with Crippen molar-refractivity contribution < 1.29 is 23.5 Å². The fourth-order valence-corrected chi connectivity index (χ4v) is 4.81. The third kappa shape index (κ3) is 4.68. The molecule has 1 aliphatic heterocycles. The van der Waals surface area contributed by atoms with Gasteiger partial charge in [-0.1, -0.05) is 36.4 Å². The molecular weight excluding hydrogens is 468 g/mol. The van der Waals surface area contributed by atoms with Gasteiger partial charge in [0.2, 0.25) is 0 Å². The minimum Gasteiger partial charge on any atom is -0.493 e. The second-order valence-corrected chi connectivity index (χ2v) is 8.93. The fourth-order valence-electron chi connectivity index (χ4n) is 4.81. The van der Waals surface area contributed by atoms with Crippen LogP contribution in [0.1, 0.15) is 49.2 Å².